The predicted octanol–water partition coefficient (Wildman–Crippen LogP) is 3.12. The van der Waals surface area contributed by atoms with Crippen molar-refractivity contribution in [1.29, 1.82) is 0 Å². The molecule has 3 atom stereocenters. The van der Waals surface area contributed by atoms with Crippen molar-refractivity contribution in [3.05, 3.63) is 56.5 Å². The van der Waals surface area contributed by atoms with Gasteiger partial charge in [-0.2, -0.15) is 0 Å². The molecule has 7 nitrogen and oxygen atoms in total. The lowest BCUT2D eigenvalue weighted by Crippen LogP contribution is -2.27. The van der Waals surface area contributed by atoms with E-state index in [0.717, 1.165) is 27.6 Å². The van der Waals surface area contributed by atoms with E-state index >= 15 is 0 Å². The van der Waals surface area contributed by atoms with Gasteiger partial charge in [0.15, 0.2) is 5.82 Å². The van der Waals surface area contributed by atoms with E-state index in [9.17, 15) is 9.18 Å². The number of nitrogens with zero attached hydrogens (tertiary/aromatic N) is 1. The Kier molecular flexibility index (Phi) is 7.65. The zero-order valence-electron chi connectivity index (χ0n) is 15.7. The molecule has 0 bridgehead atoms. The van der Waals surface area contributed by atoms with Crippen LogP contribution in [0.15, 0.2) is 29.2 Å². The Bertz CT molecular complexity index is 976. The smallest absolute Gasteiger partial charge is 0.396 e. The van der Waals surface area contributed by atoms with Crippen LogP contribution in [0.4, 0.5) is 4.39 Å². The first kappa shape index (κ1) is 22.2. The minimum atomic E-state index is -1.30. The molecule has 1 fully saturated rings. The Hall–Kier alpha value is -1.51. The van der Waals surface area contributed by atoms with E-state index in [2.05, 4.69) is 17.2 Å². The first-order valence-electron chi connectivity index (χ1n) is 8.83. The van der Waals surface area contributed by atoms with Crippen molar-refractivity contribution in [3.63, 3.8) is 0 Å². The molecule has 1 saturated heterocycles. The van der Waals surface area contributed by atoms with Crippen LogP contribution in [0.2, 0.25) is 0 Å². The molecule has 2 aliphatic heterocycles. The van der Waals surface area contributed by atoms with E-state index in [1.165, 1.54) is 0 Å². The number of para-hydroxylation sites is 1. The van der Waals surface area contributed by atoms with Crippen molar-refractivity contribution in [2.24, 2.45) is 0 Å². The maximum absolute atomic E-state index is 13.1. The van der Waals surface area contributed by atoms with Crippen molar-refractivity contribution in [2.75, 3.05) is 6.51 Å². The molecule has 2 aliphatic rings. The van der Waals surface area contributed by atoms with Crippen LogP contribution in [-0.2, 0) is 20.4 Å². The molecule has 0 aliphatic carbocycles. The standard InChI is InChI=1S/C9H10BO3P.C8H8BFN2O2S/c1-7-3-2-4-8-5-11-14(12-6-10)13-9(7)8;9-5-1-2-6(14-5)12-3-4(10)7(15)11-8(12)13/h2-4H,5-6H2,1H3;3,5-6H,1-2H2,(H,11,13,15)/t;5-,6?/m.0/s1. The van der Waals surface area contributed by atoms with Gasteiger partial charge in [0.2, 0.25) is 0 Å². The predicted molar refractivity (Wildman–Crippen MR) is 110 cm³/mol. The van der Waals surface area contributed by atoms with E-state index in [1.54, 1.807) is 0 Å². The second kappa shape index (κ2) is 10.00. The zero-order chi connectivity index (χ0) is 21.0. The number of hydrogen-bond donors (Lipinski definition) is 1. The number of aryl methyl sites for hydroxylation is 1. The zero-order valence-corrected chi connectivity index (χ0v) is 17.4. The van der Waals surface area contributed by atoms with E-state index in [1.807, 2.05) is 25.1 Å². The highest BCUT2D eigenvalue weighted by Gasteiger charge is 2.24. The molecule has 2 aromatic rings. The first-order valence-corrected chi connectivity index (χ1v) is 10.3. The van der Waals surface area contributed by atoms with Gasteiger partial charge in [-0.25, -0.2) is 9.18 Å². The van der Waals surface area contributed by atoms with Crippen LogP contribution in [0.1, 0.15) is 30.2 Å². The molecule has 4 radical (unpaired) electrons. The molecule has 4 rings (SSSR count). The fourth-order valence-electron chi connectivity index (χ4n) is 2.83. The summed E-state index contributed by atoms with van der Waals surface area (Å²) in [5, 5.41) is 0. The molecule has 3 heterocycles. The maximum Gasteiger partial charge on any atom is 0.396 e. The van der Waals surface area contributed by atoms with Crippen LogP contribution in [0.25, 0.3) is 0 Å². The number of fused-ring (bicyclic) bond motifs is 1. The molecule has 0 amide bonds. The van der Waals surface area contributed by atoms with Gasteiger partial charge in [0, 0.05) is 18.1 Å². The number of rotatable bonds is 3. The number of ether oxygens (including phenoxy) is 1. The van der Waals surface area contributed by atoms with Crippen LogP contribution >= 0.6 is 20.8 Å². The fraction of sp³-hybridized carbons (Fsp3) is 0.412. The lowest BCUT2D eigenvalue weighted by atomic mass is 9.98. The van der Waals surface area contributed by atoms with Crippen molar-refractivity contribution in [3.8, 4) is 5.75 Å². The van der Waals surface area contributed by atoms with Crippen LogP contribution in [-0.4, -0.2) is 37.8 Å². The Morgan fingerprint density at radius 3 is 2.93 bits per heavy atom. The number of aromatic nitrogens is 2. The monoisotopic (exact) mass is 434 g/mol. The van der Waals surface area contributed by atoms with Gasteiger partial charge in [-0.1, -0.05) is 30.4 Å². The van der Waals surface area contributed by atoms with E-state index in [-0.39, 0.29) is 11.1 Å². The molecule has 0 spiro atoms. The summed E-state index contributed by atoms with van der Waals surface area (Å²) in [5.41, 5.74) is 1.67. The fourth-order valence-corrected chi connectivity index (χ4v) is 3.93. The van der Waals surface area contributed by atoms with Gasteiger partial charge in [0.05, 0.1) is 12.8 Å². The van der Waals surface area contributed by atoms with Crippen LogP contribution < -0.4 is 10.2 Å². The molecule has 12 heteroatoms. The van der Waals surface area contributed by atoms with Gasteiger partial charge < -0.3 is 13.8 Å². The number of H-pyrrole nitrogens is 1. The van der Waals surface area contributed by atoms with Gasteiger partial charge in [0.1, 0.15) is 32.3 Å². The second-order valence-electron chi connectivity index (χ2n) is 6.30. The third-order valence-corrected chi connectivity index (χ3v) is 5.56. The van der Waals surface area contributed by atoms with Crippen molar-refractivity contribution >= 4 is 36.5 Å². The highest BCUT2D eigenvalue weighted by molar-refractivity contribution is 7.71. The second-order valence-corrected chi connectivity index (χ2v) is 7.85. The van der Waals surface area contributed by atoms with Crippen molar-refractivity contribution < 1.29 is 22.7 Å². The molecule has 1 aromatic carbocycles. The molecule has 150 valence electrons. The summed E-state index contributed by atoms with van der Waals surface area (Å²) in [6, 6.07) is 5.57. The quantitative estimate of drug-likeness (QED) is 0.455. The lowest BCUT2D eigenvalue weighted by Gasteiger charge is -2.24. The Labute approximate surface area is 176 Å². The summed E-state index contributed by atoms with van der Waals surface area (Å²) in [5.74, 6) is 0.229. The lowest BCUT2D eigenvalue weighted by molar-refractivity contribution is 0.0333. The number of benzene rings is 1. The van der Waals surface area contributed by atoms with Gasteiger partial charge >= 0.3 is 14.3 Å². The molecule has 1 aromatic heterocycles. The number of nitrogens with one attached hydrogen (secondary N) is 1. The summed E-state index contributed by atoms with van der Waals surface area (Å²) in [6.45, 7) is 2.65. The van der Waals surface area contributed by atoms with E-state index in [4.69, 9.17) is 34.0 Å². The first-order chi connectivity index (χ1) is 13.9. The van der Waals surface area contributed by atoms with E-state index < -0.39 is 32.3 Å². The molecular weight excluding hydrogens is 416 g/mol. The molecule has 0 saturated carbocycles. The van der Waals surface area contributed by atoms with Crippen LogP contribution in [0.5, 0.6) is 5.75 Å². The molecule has 2 unspecified atom stereocenters. The Balaban J connectivity index is 0.000000166. The summed E-state index contributed by atoms with van der Waals surface area (Å²) < 4.78 is 35.3. The van der Waals surface area contributed by atoms with Crippen molar-refractivity contribution in [2.45, 2.75) is 38.6 Å². The third-order valence-electron chi connectivity index (χ3n) is 4.23. The van der Waals surface area contributed by atoms with E-state index in [0.29, 0.717) is 19.4 Å². The minimum Gasteiger partial charge on any atom is -0.426 e. The normalized spacial score (nSPS) is 22.9. The van der Waals surface area contributed by atoms with Crippen LogP contribution in [0, 0.1) is 17.4 Å². The highest BCUT2D eigenvalue weighted by atomic mass is 32.1. The summed E-state index contributed by atoms with van der Waals surface area (Å²) >= 11 is 4.59. The highest BCUT2D eigenvalue weighted by Crippen LogP contribution is 2.47. The Morgan fingerprint density at radius 2 is 2.24 bits per heavy atom. The molecular formula is C17H18B2FN2O5PS. The SMILES string of the molecule is [B]COP1OCc2cccc(C)c2O1.[B][C@@H]1CCC(n2cc(F)c(=S)[nH]c2=O)O1. The van der Waals surface area contributed by atoms with Gasteiger partial charge in [-0.05, 0) is 25.3 Å². The molecule has 1 N–H and O–H groups in total. The average molecular weight is 434 g/mol. The molecule has 29 heavy (non-hydrogen) atoms. The minimum absolute atomic E-state index is 0.118. The summed E-state index contributed by atoms with van der Waals surface area (Å²) in [7, 11) is 9.47. The van der Waals surface area contributed by atoms with Gasteiger partial charge in [-0.15, -0.1) is 0 Å². The van der Waals surface area contributed by atoms with Gasteiger partial charge in [-0.3, -0.25) is 14.1 Å². The third kappa shape index (κ3) is 5.55. The average Bonchev–Trinajstić information content (AvgIpc) is 3.12. The largest absolute Gasteiger partial charge is 0.426 e. The van der Waals surface area contributed by atoms with Crippen LogP contribution in [0.3, 0.4) is 0 Å². The Morgan fingerprint density at radius 1 is 1.45 bits per heavy atom. The number of halogens is 1. The maximum atomic E-state index is 13.1. The topological polar surface area (TPSA) is 74.7 Å². The van der Waals surface area contributed by atoms with Gasteiger partial charge in [0.25, 0.3) is 0 Å². The van der Waals surface area contributed by atoms with Crippen molar-refractivity contribution in [1.82, 2.24) is 9.55 Å². The summed E-state index contributed by atoms with van der Waals surface area (Å²) in [6.07, 6.45) is 1.78. The number of aromatic amines is 1. The number of hydrogen-bond acceptors (Lipinski definition) is 6. The summed E-state index contributed by atoms with van der Waals surface area (Å²) in [4.78, 5) is 13.7.